The number of carbonyl (C=O) groups is 1. The van der Waals surface area contributed by atoms with Crippen molar-refractivity contribution in [3.63, 3.8) is 0 Å². The zero-order valence-electron chi connectivity index (χ0n) is 9.92. The Labute approximate surface area is 110 Å². The van der Waals surface area contributed by atoms with Gasteiger partial charge in [-0.25, -0.2) is 10.2 Å². The van der Waals surface area contributed by atoms with Crippen LogP contribution in [0.3, 0.4) is 0 Å². The van der Waals surface area contributed by atoms with Gasteiger partial charge in [-0.3, -0.25) is 10.2 Å². The van der Waals surface area contributed by atoms with E-state index < -0.39 is 5.82 Å². The first-order chi connectivity index (χ1) is 8.65. The molecule has 18 heavy (non-hydrogen) atoms. The zero-order chi connectivity index (χ0) is 13.4. The lowest BCUT2D eigenvalue weighted by atomic mass is 10.2. The molecule has 0 aliphatic heterocycles. The third-order valence-corrected chi connectivity index (χ3v) is 2.67. The molecule has 0 bridgehead atoms. The highest BCUT2D eigenvalue weighted by molar-refractivity contribution is 6.32. The number of hydrogen-bond donors (Lipinski definition) is 2. The Morgan fingerprint density at radius 3 is 2.83 bits per heavy atom. The minimum Gasteiger partial charge on any atom is -0.489 e. The van der Waals surface area contributed by atoms with E-state index in [0.29, 0.717) is 13.0 Å². The Morgan fingerprint density at radius 2 is 2.17 bits per heavy atom. The topological polar surface area (TPSA) is 64.3 Å². The second-order valence-electron chi connectivity index (χ2n) is 3.78. The van der Waals surface area contributed by atoms with Crippen LogP contribution in [0, 0.1) is 5.82 Å². The molecule has 0 atom stereocenters. The Bertz CT molecular complexity index is 381. The number of ether oxygens (including phenoxy) is 1. The molecule has 0 aromatic heterocycles. The van der Waals surface area contributed by atoms with Gasteiger partial charge in [0.25, 0.3) is 0 Å². The lowest BCUT2D eigenvalue weighted by molar-refractivity contribution is -0.121. The molecule has 0 spiro atoms. The zero-order valence-corrected chi connectivity index (χ0v) is 10.7. The fourth-order valence-corrected chi connectivity index (χ4v) is 1.65. The molecule has 1 amide bonds. The fraction of sp³-hybridized carbons (Fsp3) is 0.417. The molecule has 1 aromatic rings. The lowest BCUT2D eigenvalue weighted by Gasteiger charge is -2.08. The molecular formula is C12H16ClFN2O2. The van der Waals surface area contributed by atoms with Crippen molar-refractivity contribution >= 4 is 17.5 Å². The van der Waals surface area contributed by atoms with Crippen LogP contribution in [0.15, 0.2) is 18.2 Å². The van der Waals surface area contributed by atoms with Crippen molar-refractivity contribution in [2.75, 3.05) is 6.61 Å². The van der Waals surface area contributed by atoms with Crippen LogP contribution in [-0.2, 0) is 4.79 Å². The van der Waals surface area contributed by atoms with E-state index >= 15 is 0 Å². The maximum atomic E-state index is 13.3. The number of carbonyl (C=O) groups excluding carboxylic acids is 1. The van der Waals surface area contributed by atoms with Crippen molar-refractivity contribution < 1.29 is 13.9 Å². The second kappa shape index (κ2) is 7.89. The number of nitrogens with two attached hydrogens (primary N) is 1. The smallest absolute Gasteiger partial charge is 0.233 e. The molecule has 0 saturated carbocycles. The number of benzene rings is 1. The number of unbranched alkanes of at least 4 members (excludes halogenated alkanes) is 2. The minimum absolute atomic E-state index is 0.0823. The van der Waals surface area contributed by atoms with Crippen LogP contribution in [0.2, 0.25) is 5.02 Å². The van der Waals surface area contributed by atoms with Crippen LogP contribution in [0.1, 0.15) is 25.7 Å². The van der Waals surface area contributed by atoms with Crippen LogP contribution in [0.4, 0.5) is 4.39 Å². The summed E-state index contributed by atoms with van der Waals surface area (Å²) in [5.41, 5.74) is 2.06. The van der Waals surface area contributed by atoms with E-state index in [1.807, 2.05) is 0 Å². The summed E-state index contributed by atoms with van der Waals surface area (Å²) in [6, 6.07) is 4.40. The van der Waals surface area contributed by atoms with Crippen molar-refractivity contribution in [3.8, 4) is 5.75 Å². The van der Waals surface area contributed by atoms with Gasteiger partial charge in [-0.15, -0.1) is 0 Å². The van der Waals surface area contributed by atoms with Gasteiger partial charge in [-0.05, 0) is 31.4 Å². The van der Waals surface area contributed by atoms with Gasteiger partial charge < -0.3 is 4.74 Å². The van der Waals surface area contributed by atoms with E-state index in [0.717, 1.165) is 19.3 Å². The first kappa shape index (κ1) is 14.7. The second-order valence-corrected chi connectivity index (χ2v) is 4.18. The molecule has 0 radical (unpaired) electrons. The predicted octanol–water partition coefficient (Wildman–Crippen LogP) is 2.41. The molecule has 0 fully saturated rings. The molecule has 0 saturated heterocycles. The van der Waals surface area contributed by atoms with Crippen molar-refractivity contribution in [2.24, 2.45) is 5.84 Å². The number of nitrogens with one attached hydrogen (secondary N) is 1. The highest BCUT2D eigenvalue weighted by Gasteiger charge is 2.07. The van der Waals surface area contributed by atoms with Gasteiger partial charge in [0.15, 0.2) is 11.6 Å². The van der Waals surface area contributed by atoms with E-state index in [2.05, 4.69) is 5.43 Å². The normalized spacial score (nSPS) is 10.2. The average molecular weight is 275 g/mol. The molecule has 0 aliphatic carbocycles. The Morgan fingerprint density at radius 1 is 1.39 bits per heavy atom. The van der Waals surface area contributed by atoms with Gasteiger partial charge in [0.1, 0.15) is 0 Å². The van der Waals surface area contributed by atoms with Crippen molar-refractivity contribution in [3.05, 3.63) is 29.0 Å². The molecular weight excluding hydrogens is 259 g/mol. The van der Waals surface area contributed by atoms with Crippen molar-refractivity contribution in [1.29, 1.82) is 0 Å². The van der Waals surface area contributed by atoms with E-state index in [-0.39, 0.29) is 16.7 Å². The van der Waals surface area contributed by atoms with E-state index in [1.54, 1.807) is 6.07 Å². The van der Waals surface area contributed by atoms with Crippen LogP contribution < -0.4 is 16.0 Å². The van der Waals surface area contributed by atoms with Gasteiger partial charge in [0, 0.05) is 6.42 Å². The maximum Gasteiger partial charge on any atom is 0.233 e. The Balaban J connectivity index is 2.20. The molecule has 0 unspecified atom stereocenters. The number of rotatable bonds is 7. The number of amides is 1. The minimum atomic E-state index is -0.468. The summed E-state index contributed by atoms with van der Waals surface area (Å²) in [5.74, 6) is 4.37. The standard InChI is InChI=1S/C12H16ClFN2O2/c13-9-5-4-6-10(14)12(9)18-8-3-1-2-7-11(17)16-15/h4-6H,1-3,7-8,15H2,(H,16,17). The van der Waals surface area contributed by atoms with Gasteiger partial charge in [0.05, 0.1) is 11.6 Å². The van der Waals surface area contributed by atoms with Crippen molar-refractivity contribution in [2.45, 2.75) is 25.7 Å². The number of halogens is 2. The average Bonchev–Trinajstić information content (AvgIpc) is 2.36. The number of para-hydroxylation sites is 1. The van der Waals surface area contributed by atoms with Crippen LogP contribution in [0.25, 0.3) is 0 Å². The summed E-state index contributed by atoms with van der Waals surface area (Å²) in [6.07, 6.45) is 2.64. The maximum absolute atomic E-state index is 13.3. The third kappa shape index (κ3) is 4.89. The lowest BCUT2D eigenvalue weighted by Crippen LogP contribution is -2.29. The first-order valence-electron chi connectivity index (χ1n) is 5.71. The molecule has 0 heterocycles. The highest BCUT2D eigenvalue weighted by Crippen LogP contribution is 2.27. The van der Waals surface area contributed by atoms with Gasteiger partial charge in [-0.1, -0.05) is 17.7 Å². The molecule has 0 aliphatic rings. The highest BCUT2D eigenvalue weighted by atomic mass is 35.5. The van der Waals surface area contributed by atoms with Gasteiger partial charge in [-0.2, -0.15) is 0 Å². The van der Waals surface area contributed by atoms with Crippen LogP contribution in [0.5, 0.6) is 5.75 Å². The first-order valence-corrected chi connectivity index (χ1v) is 6.09. The summed E-state index contributed by atoms with van der Waals surface area (Å²) in [7, 11) is 0. The molecule has 3 N–H and O–H groups in total. The number of hydrogen-bond acceptors (Lipinski definition) is 3. The quantitative estimate of drug-likeness (QED) is 0.347. The third-order valence-electron chi connectivity index (χ3n) is 2.37. The fourth-order valence-electron chi connectivity index (χ4n) is 1.43. The number of hydrazine groups is 1. The molecule has 1 rings (SSSR count). The Hall–Kier alpha value is -1.33. The summed E-state index contributed by atoms with van der Waals surface area (Å²) < 4.78 is 18.6. The SMILES string of the molecule is NNC(=O)CCCCCOc1c(F)cccc1Cl. The van der Waals surface area contributed by atoms with Crippen LogP contribution in [-0.4, -0.2) is 12.5 Å². The molecule has 4 nitrogen and oxygen atoms in total. The summed E-state index contributed by atoms with van der Waals surface area (Å²) in [4.78, 5) is 10.8. The predicted molar refractivity (Wildman–Crippen MR) is 67.7 cm³/mol. The molecule has 100 valence electrons. The molecule has 6 heteroatoms. The monoisotopic (exact) mass is 274 g/mol. The molecule has 1 aromatic carbocycles. The Kier molecular flexibility index (Phi) is 6.46. The summed E-state index contributed by atoms with van der Waals surface area (Å²) in [5, 5.41) is 0.262. The van der Waals surface area contributed by atoms with Gasteiger partial charge >= 0.3 is 0 Å². The van der Waals surface area contributed by atoms with E-state index in [4.69, 9.17) is 22.2 Å². The van der Waals surface area contributed by atoms with E-state index in [1.165, 1.54) is 12.1 Å². The van der Waals surface area contributed by atoms with Crippen LogP contribution >= 0.6 is 11.6 Å². The van der Waals surface area contributed by atoms with E-state index in [9.17, 15) is 9.18 Å². The van der Waals surface area contributed by atoms with Crippen molar-refractivity contribution in [1.82, 2.24) is 5.43 Å². The summed E-state index contributed by atoms with van der Waals surface area (Å²) in [6.45, 7) is 0.366. The summed E-state index contributed by atoms with van der Waals surface area (Å²) >= 11 is 5.80. The largest absolute Gasteiger partial charge is 0.489 e. The van der Waals surface area contributed by atoms with Gasteiger partial charge in [0.2, 0.25) is 5.91 Å².